The van der Waals surface area contributed by atoms with Crippen LogP contribution in [0.1, 0.15) is 23.0 Å². The van der Waals surface area contributed by atoms with E-state index in [1.54, 1.807) is 55.5 Å². The molecular formula is C26H20ClN5O4. The molecule has 0 bridgehead atoms. The normalized spacial score (nSPS) is 11.4. The van der Waals surface area contributed by atoms with Crippen molar-refractivity contribution in [3.8, 4) is 34.2 Å². The Balaban J connectivity index is 1.88. The lowest BCUT2D eigenvalue weighted by Crippen LogP contribution is -2.32. The SMILES string of the molecule is C[C@H](N)C(=O)Nc1cccc(-c2cc(-c3ccc(Cl)cc3O)nc(NC(=O)c3ccco3)c2C#N)c1. The molecule has 0 saturated heterocycles. The number of aromatic nitrogens is 1. The van der Waals surface area contributed by atoms with Crippen LogP contribution in [-0.2, 0) is 4.79 Å². The fourth-order valence-corrected chi connectivity index (χ4v) is 3.60. The maximum atomic E-state index is 12.7. The highest BCUT2D eigenvalue weighted by molar-refractivity contribution is 6.30. The van der Waals surface area contributed by atoms with Gasteiger partial charge >= 0.3 is 0 Å². The van der Waals surface area contributed by atoms with Crippen molar-refractivity contribution < 1.29 is 19.1 Å². The average molecular weight is 502 g/mol. The molecule has 0 fully saturated rings. The number of aromatic hydroxyl groups is 1. The maximum absolute atomic E-state index is 12.7. The summed E-state index contributed by atoms with van der Waals surface area (Å²) in [6, 6.07) is 17.3. The highest BCUT2D eigenvalue weighted by Crippen LogP contribution is 2.37. The van der Waals surface area contributed by atoms with Crippen LogP contribution < -0.4 is 16.4 Å². The van der Waals surface area contributed by atoms with Gasteiger partial charge in [0.05, 0.1) is 18.0 Å². The van der Waals surface area contributed by atoms with Gasteiger partial charge in [-0.15, -0.1) is 0 Å². The number of nitriles is 1. The molecule has 5 N–H and O–H groups in total. The van der Waals surface area contributed by atoms with Crippen molar-refractivity contribution in [2.75, 3.05) is 10.6 Å². The predicted molar refractivity (Wildman–Crippen MR) is 135 cm³/mol. The third-order valence-corrected chi connectivity index (χ3v) is 5.43. The number of phenolic OH excluding ortho intramolecular Hbond substituents is 1. The van der Waals surface area contributed by atoms with E-state index in [2.05, 4.69) is 21.7 Å². The third kappa shape index (κ3) is 5.20. The summed E-state index contributed by atoms with van der Waals surface area (Å²) in [6.45, 7) is 1.56. The monoisotopic (exact) mass is 501 g/mol. The number of carbonyl (C=O) groups excluding carboxylic acids is 2. The number of phenols is 1. The topological polar surface area (TPSA) is 154 Å². The molecular weight excluding hydrogens is 482 g/mol. The highest BCUT2D eigenvalue weighted by Gasteiger charge is 2.20. The number of amides is 2. The van der Waals surface area contributed by atoms with Crippen molar-refractivity contribution in [2.24, 2.45) is 5.73 Å². The first-order valence-corrected chi connectivity index (χ1v) is 11.1. The maximum Gasteiger partial charge on any atom is 0.292 e. The number of anilines is 2. The van der Waals surface area contributed by atoms with Gasteiger partial charge in [0, 0.05) is 21.8 Å². The molecule has 9 nitrogen and oxygen atoms in total. The van der Waals surface area contributed by atoms with Crippen LogP contribution >= 0.6 is 11.6 Å². The Kier molecular flexibility index (Phi) is 7.01. The Morgan fingerprint density at radius 2 is 1.92 bits per heavy atom. The van der Waals surface area contributed by atoms with E-state index in [1.165, 1.54) is 18.4 Å². The smallest absolute Gasteiger partial charge is 0.292 e. The minimum Gasteiger partial charge on any atom is -0.507 e. The number of benzene rings is 2. The molecule has 36 heavy (non-hydrogen) atoms. The lowest BCUT2D eigenvalue weighted by Gasteiger charge is -2.15. The summed E-state index contributed by atoms with van der Waals surface area (Å²) >= 11 is 5.98. The number of carbonyl (C=O) groups is 2. The molecule has 0 radical (unpaired) electrons. The number of furan rings is 1. The average Bonchev–Trinajstić information content (AvgIpc) is 3.39. The van der Waals surface area contributed by atoms with E-state index in [0.717, 1.165) is 0 Å². The van der Waals surface area contributed by atoms with Gasteiger partial charge in [-0.3, -0.25) is 9.59 Å². The van der Waals surface area contributed by atoms with Crippen LogP contribution in [0.2, 0.25) is 5.02 Å². The van der Waals surface area contributed by atoms with E-state index in [1.807, 2.05) is 0 Å². The molecule has 0 spiro atoms. The zero-order chi connectivity index (χ0) is 25.8. The van der Waals surface area contributed by atoms with Gasteiger partial charge in [0.15, 0.2) is 11.6 Å². The van der Waals surface area contributed by atoms with Crippen LogP contribution in [0.5, 0.6) is 5.75 Å². The number of nitrogens with two attached hydrogens (primary N) is 1. The Labute approximate surface area is 211 Å². The quantitative estimate of drug-likeness (QED) is 0.296. The zero-order valence-electron chi connectivity index (χ0n) is 18.9. The molecule has 2 aromatic heterocycles. The first-order valence-electron chi connectivity index (χ1n) is 10.7. The standard InChI is InChI=1S/C26H20ClN5O4/c1-14(29)25(34)30-17-5-2-4-15(10-17)19-12-21(18-8-7-16(27)11-22(18)33)31-24(20(19)13-28)32-26(35)23-6-3-9-36-23/h2-12,14,33H,29H2,1H3,(H,30,34)(H,31,32,35)/t14-/m0/s1. The summed E-state index contributed by atoms with van der Waals surface area (Å²) in [5.74, 6) is -1.12. The molecule has 4 aromatic rings. The number of rotatable bonds is 6. The Hall–Kier alpha value is -4.65. The van der Waals surface area contributed by atoms with Crippen molar-refractivity contribution >= 4 is 34.9 Å². The van der Waals surface area contributed by atoms with Crippen LogP contribution in [0.25, 0.3) is 22.4 Å². The second kappa shape index (κ2) is 10.3. The number of nitrogens with one attached hydrogen (secondary N) is 2. The lowest BCUT2D eigenvalue weighted by atomic mass is 9.97. The largest absolute Gasteiger partial charge is 0.507 e. The summed E-state index contributed by atoms with van der Waals surface area (Å²) in [5, 5.41) is 26.2. The van der Waals surface area contributed by atoms with Crippen molar-refractivity contribution in [1.82, 2.24) is 4.98 Å². The van der Waals surface area contributed by atoms with Crippen LogP contribution in [0.15, 0.2) is 71.3 Å². The summed E-state index contributed by atoms with van der Waals surface area (Å²) in [7, 11) is 0. The summed E-state index contributed by atoms with van der Waals surface area (Å²) < 4.78 is 5.15. The molecule has 0 aliphatic heterocycles. The first kappa shape index (κ1) is 24.5. The van der Waals surface area contributed by atoms with E-state index >= 15 is 0 Å². The molecule has 180 valence electrons. The van der Waals surface area contributed by atoms with Crippen molar-refractivity contribution in [1.29, 1.82) is 5.26 Å². The summed E-state index contributed by atoms with van der Waals surface area (Å²) in [4.78, 5) is 29.2. The van der Waals surface area contributed by atoms with Gasteiger partial charge in [0.25, 0.3) is 5.91 Å². The first-order chi connectivity index (χ1) is 17.3. The van der Waals surface area contributed by atoms with Crippen LogP contribution in [0.4, 0.5) is 11.5 Å². The molecule has 2 heterocycles. The lowest BCUT2D eigenvalue weighted by molar-refractivity contribution is -0.117. The van der Waals surface area contributed by atoms with Crippen molar-refractivity contribution in [2.45, 2.75) is 13.0 Å². The van der Waals surface area contributed by atoms with E-state index in [4.69, 9.17) is 21.8 Å². The zero-order valence-corrected chi connectivity index (χ0v) is 19.7. The van der Waals surface area contributed by atoms with Gasteiger partial charge in [-0.1, -0.05) is 23.7 Å². The highest BCUT2D eigenvalue weighted by atomic mass is 35.5. The molecule has 0 aliphatic rings. The minimum atomic E-state index is -0.716. The Morgan fingerprint density at radius 3 is 2.58 bits per heavy atom. The van der Waals surface area contributed by atoms with E-state index in [0.29, 0.717) is 27.4 Å². The minimum absolute atomic E-state index is 0.0302. The van der Waals surface area contributed by atoms with E-state index in [-0.39, 0.29) is 34.5 Å². The third-order valence-electron chi connectivity index (χ3n) is 5.20. The fourth-order valence-electron chi connectivity index (χ4n) is 3.43. The summed E-state index contributed by atoms with van der Waals surface area (Å²) in [6.07, 6.45) is 1.35. The molecule has 0 unspecified atom stereocenters. The summed E-state index contributed by atoms with van der Waals surface area (Å²) in [5.41, 5.74) is 7.76. The van der Waals surface area contributed by atoms with Gasteiger partial charge in [0.2, 0.25) is 5.91 Å². The van der Waals surface area contributed by atoms with Crippen LogP contribution in [-0.4, -0.2) is 27.9 Å². The Morgan fingerprint density at radius 1 is 1.11 bits per heavy atom. The second-order valence-electron chi connectivity index (χ2n) is 7.84. The second-order valence-corrected chi connectivity index (χ2v) is 8.28. The molecule has 10 heteroatoms. The van der Waals surface area contributed by atoms with Crippen molar-refractivity contribution in [3.63, 3.8) is 0 Å². The molecule has 0 aliphatic carbocycles. The van der Waals surface area contributed by atoms with Gasteiger partial charge in [-0.2, -0.15) is 5.26 Å². The molecule has 2 aromatic carbocycles. The predicted octanol–water partition coefficient (Wildman–Crippen LogP) is 4.78. The van der Waals surface area contributed by atoms with Gasteiger partial charge in [-0.25, -0.2) is 4.98 Å². The van der Waals surface area contributed by atoms with Crippen LogP contribution in [0.3, 0.4) is 0 Å². The number of pyridine rings is 1. The van der Waals surface area contributed by atoms with Gasteiger partial charge in [-0.05, 0) is 61.0 Å². The molecule has 4 rings (SSSR count). The van der Waals surface area contributed by atoms with E-state index in [9.17, 15) is 20.0 Å². The van der Waals surface area contributed by atoms with E-state index < -0.39 is 11.9 Å². The molecule has 2 amide bonds. The van der Waals surface area contributed by atoms with Gasteiger partial charge in [0.1, 0.15) is 17.4 Å². The van der Waals surface area contributed by atoms with Gasteiger partial charge < -0.3 is 25.9 Å². The van der Waals surface area contributed by atoms with Crippen molar-refractivity contribution in [3.05, 3.63) is 83.3 Å². The Bertz CT molecular complexity index is 1490. The molecule has 1 atom stereocenters. The number of nitrogens with zero attached hydrogens (tertiary/aromatic N) is 2. The number of halogens is 1. The number of hydrogen-bond acceptors (Lipinski definition) is 7. The van der Waals surface area contributed by atoms with Crippen LogP contribution in [0, 0.1) is 11.3 Å². The fraction of sp³-hybridized carbons (Fsp3) is 0.0769. The number of hydrogen-bond donors (Lipinski definition) is 4. The molecule has 0 saturated carbocycles.